The summed E-state index contributed by atoms with van der Waals surface area (Å²) < 4.78 is 20.7. The summed E-state index contributed by atoms with van der Waals surface area (Å²) in [4.78, 5) is 0. The Morgan fingerprint density at radius 3 is 2.33 bits per heavy atom. The molecule has 0 spiro atoms. The minimum absolute atomic E-state index is 0.152. The molecule has 0 bridgehead atoms. The molecule has 1 fully saturated rings. The normalized spacial score (nSPS) is 20.1. The third-order valence-corrected chi connectivity index (χ3v) is 2.65. The number of hydrogen-bond acceptors (Lipinski definition) is 2. The van der Waals surface area contributed by atoms with E-state index in [1.807, 2.05) is 0 Å². The molecule has 0 aromatic rings. The molecule has 0 atom stereocenters. The van der Waals surface area contributed by atoms with Crippen molar-refractivity contribution in [2.75, 3.05) is 5.75 Å². The highest BCUT2D eigenvalue weighted by molar-refractivity contribution is 8.13. The van der Waals surface area contributed by atoms with Crippen LogP contribution in [0.1, 0.15) is 19.3 Å². The molecule has 1 aliphatic rings. The minimum atomic E-state index is -3.21. The second-order valence-corrected chi connectivity index (χ2v) is 5.37. The van der Waals surface area contributed by atoms with E-state index in [2.05, 4.69) is 0 Å². The Bertz CT molecular complexity index is 181. The molecule has 0 amide bonds. The Balaban J connectivity index is 2.18. The molecule has 2 nitrogen and oxygen atoms in total. The van der Waals surface area contributed by atoms with E-state index in [9.17, 15) is 8.42 Å². The quantitative estimate of drug-likeness (QED) is 0.597. The molecule has 0 heterocycles. The Kier molecular flexibility index (Phi) is 2.01. The predicted molar refractivity (Wildman–Crippen MR) is 37.0 cm³/mol. The molecular weight excluding hydrogens is 160 g/mol. The largest absolute Gasteiger partial charge is 0.232 e. The van der Waals surface area contributed by atoms with Gasteiger partial charge in [0.15, 0.2) is 0 Å². The van der Waals surface area contributed by atoms with Gasteiger partial charge in [0.2, 0.25) is 9.05 Å². The van der Waals surface area contributed by atoms with Crippen LogP contribution in [-0.2, 0) is 9.05 Å². The van der Waals surface area contributed by atoms with Crippen LogP contribution < -0.4 is 0 Å². The van der Waals surface area contributed by atoms with Crippen molar-refractivity contribution in [1.29, 1.82) is 0 Å². The molecule has 0 unspecified atom stereocenters. The zero-order valence-electron chi connectivity index (χ0n) is 5.01. The Labute approximate surface area is 59.6 Å². The minimum Gasteiger partial charge on any atom is -0.212 e. The predicted octanol–water partition coefficient (Wildman–Crippen LogP) is 1.36. The maximum Gasteiger partial charge on any atom is 0.232 e. The van der Waals surface area contributed by atoms with Crippen molar-refractivity contribution in [2.45, 2.75) is 19.3 Å². The third-order valence-electron chi connectivity index (χ3n) is 1.47. The average Bonchev–Trinajstić information content (AvgIpc) is 2.38. The van der Waals surface area contributed by atoms with Gasteiger partial charge < -0.3 is 0 Å². The molecule has 9 heavy (non-hydrogen) atoms. The zero-order valence-corrected chi connectivity index (χ0v) is 6.58. The van der Waals surface area contributed by atoms with Gasteiger partial charge in [-0.05, 0) is 12.3 Å². The molecule has 54 valence electrons. The van der Waals surface area contributed by atoms with E-state index in [0.717, 1.165) is 6.42 Å². The Hall–Kier alpha value is 0.240. The summed E-state index contributed by atoms with van der Waals surface area (Å²) in [6, 6.07) is 0. The van der Waals surface area contributed by atoms with Crippen molar-refractivity contribution in [3.05, 3.63) is 0 Å². The summed E-state index contributed by atoms with van der Waals surface area (Å²) >= 11 is 0. The maximum absolute atomic E-state index is 10.3. The average molecular weight is 169 g/mol. The van der Waals surface area contributed by atoms with Crippen LogP contribution in [-0.4, -0.2) is 14.2 Å². The lowest BCUT2D eigenvalue weighted by Crippen LogP contribution is -1.97. The number of rotatable bonds is 3. The Morgan fingerprint density at radius 2 is 2.00 bits per heavy atom. The summed E-state index contributed by atoms with van der Waals surface area (Å²) in [5, 5.41) is 0. The van der Waals surface area contributed by atoms with E-state index in [1.165, 1.54) is 12.8 Å². The Morgan fingerprint density at radius 1 is 1.44 bits per heavy atom. The molecule has 1 saturated carbocycles. The molecule has 1 rings (SSSR count). The van der Waals surface area contributed by atoms with Crippen LogP contribution in [0, 0.1) is 5.92 Å². The highest BCUT2D eigenvalue weighted by Crippen LogP contribution is 2.32. The molecule has 0 aromatic heterocycles. The van der Waals surface area contributed by atoms with E-state index >= 15 is 0 Å². The van der Waals surface area contributed by atoms with Crippen molar-refractivity contribution < 1.29 is 8.42 Å². The first-order chi connectivity index (χ1) is 4.08. The third kappa shape index (κ3) is 3.76. The van der Waals surface area contributed by atoms with Crippen LogP contribution in [0.4, 0.5) is 0 Å². The fourth-order valence-corrected chi connectivity index (χ4v) is 1.60. The zero-order chi connectivity index (χ0) is 6.91. The number of hydrogen-bond donors (Lipinski definition) is 0. The van der Waals surface area contributed by atoms with Crippen LogP contribution in [0.25, 0.3) is 0 Å². The van der Waals surface area contributed by atoms with Crippen LogP contribution in [0.5, 0.6) is 0 Å². The summed E-state index contributed by atoms with van der Waals surface area (Å²) in [5.74, 6) is 0.803. The van der Waals surface area contributed by atoms with Crippen molar-refractivity contribution >= 4 is 19.7 Å². The van der Waals surface area contributed by atoms with E-state index in [4.69, 9.17) is 10.7 Å². The van der Waals surface area contributed by atoms with Gasteiger partial charge in [0.05, 0.1) is 5.75 Å². The fraction of sp³-hybridized carbons (Fsp3) is 1.00. The van der Waals surface area contributed by atoms with Crippen molar-refractivity contribution in [3.63, 3.8) is 0 Å². The van der Waals surface area contributed by atoms with Crippen molar-refractivity contribution in [3.8, 4) is 0 Å². The first-order valence-corrected chi connectivity index (χ1v) is 5.48. The lowest BCUT2D eigenvalue weighted by molar-refractivity contribution is 0.604. The second kappa shape index (κ2) is 2.46. The topological polar surface area (TPSA) is 34.1 Å². The molecule has 0 aliphatic heterocycles. The highest BCUT2D eigenvalue weighted by Gasteiger charge is 2.22. The maximum atomic E-state index is 10.3. The molecule has 1 aliphatic carbocycles. The van der Waals surface area contributed by atoms with Gasteiger partial charge in [-0.2, -0.15) is 0 Å². The first kappa shape index (κ1) is 7.35. The SMILES string of the molecule is O=S(=O)(Cl)CCC1CC1. The molecule has 0 N–H and O–H groups in total. The first-order valence-electron chi connectivity index (χ1n) is 3.00. The van der Waals surface area contributed by atoms with Gasteiger partial charge in [0.1, 0.15) is 0 Å². The van der Waals surface area contributed by atoms with E-state index in [-0.39, 0.29) is 5.75 Å². The monoisotopic (exact) mass is 168 g/mol. The van der Waals surface area contributed by atoms with Gasteiger partial charge in [0, 0.05) is 10.7 Å². The van der Waals surface area contributed by atoms with E-state index in [0.29, 0.717) is 5.92 Å². The lowest BCUT2D eigenvalue weighted by atomic mass is 10.3. The van der Waals surface area contributed by atoms with E-state index in [1.54, 1.807) is 0 Å². The molecule has 0 saturated heterocycles. The summed E-state index contributed by atoms with van der Waals surface area (Å²) in [7, 11) is 1.77. The van der Waals surface area contributed by atoms with Crippen LogP contribution in [0.15, 0.2) is 0 Å². The van der Waals surface area contributed by atoms with Gasteiger partial charge in [0.25, 0.3) is 0 Å². The molecule has 0 aromatic carbocycles. The van der Waals surface area contributed by atoms with E-state index < -0.39 is 9.05 Å². The van der Waals surface area contributed by atoms with Crippen molar-refractivity contribution in [1.82, 2.24) is 0 Å². The molecule has 0 radical (unpaired) electrons. The highest BCUT2D eigenvalue weighted by atomic mass is 35.7. The van der Waals surface area contributed by atoms with Gasteiger partial charge in [-0.3, -0.25) is 0 Å². The van der Waals surface area contributed by atoms with Gasteiger partial charge in [-0.1, -0.05) is 12.8 Å². The van der Waals surface area contributed by atoms with Crippen LogP contribution in [0.3, 0.4) is 0 Å². The second-order valence-electron chi connectivity index (χ2n) is 2.48. The summed E-state index contributed by atoms with van der Waals surface area (Å²) in [5.41, 5.74) is 0. The molecule has 4 heteroatoms. The summed E-state index contributed by atoms with van der Waals surface area (Å²) in [6.07, 6.45) is 3.13. The van der Waals surface area contributed by atoms with Crippen LogP contribution >= 0.6 is 10.7 Å². The lowest BCUT2D eigenvalue weighted by Gasteiger charge is -1.90. The fourth-order valence-electron chi connectivity index (χ4n) is 0.714. The molecular formula is C5H9ClO2S. The van der Waals surface area contributed by atoms with Crippen molar-refractivity contribution in [2.24, 2.45) is 5.92 Å². The van der Waals surface area contributed by atoms with Gasteiger partial charge in [-0.15, -0.1) is 0 Å². The standard InChI is InChI=1S/C5H9ClO2S/c6-9(7,8)4-3-5-1-2-5/h5H,1-4H2. The van der Waals surface area contributed by atoms with Gasteiger partial charge in [-0.25, -0.2) is 8.42 Å². The number of halogens is 1. The van der Waals surface area contributed by atoms with Crippen LogP contribution in [0.2, 0.25) is 0 Å². The summed E-state index contributed by atoms with van der Waals surface area (Å²) in [6.45, 7) is 0. The van der Waals surface area contributed by atoms with Gasteiger partial charge >= 0.3 is 0 Å². The smallest absolute Gasteiger partial charge is 0.212 e.